The van der Waals surface area contributed by atoms with Crippen LogP contribution < -0.4 is 10.6 Å². The van der Waals surface area contributed by atoms with E-state index >= 15 is 0 Å². The maximum absolute atomic E-state index is 11.6. The van der Waals surface area contributed by atoms with Gasteiger partial charge in [-0.15, -0.1) is 0 Å². The molecule has 0 atom stereocenters. The average Bonchev–Trinajstić information content (AvgIpc) is 2.61. The largest absolute Gasteiger partial charge is 0.338 e. The summed E-state index contributed by atoms with van der Waals surface area (Å²) in [6.07, 6.45) is 16.6. The maximum Gasteiger partial charge on any atom is 0.314 e. The molecule has 0 aliphatic heterocycles. The minimum absolute atomic E-state index is 0.0323. The second kappa shape index (κ2) is 19.3. The summed E-state index contributed by atoms with van der Waals surface area (Å²) < 4.78 is 0. The molecule has 0 radical (unpaired) electrons. The Morgan fingerprint density at radius 1 is 0.560 bits per heavy atom. The van der Waals surface area contributed by atoms with E-state index in [9.17, 15) is 9.59 Å². The van der Waals surface area contributed by atoms with Gasteiger partial charge in [0, 0.05) is 25.9 Å². The third-order valence-electron chi connectivity index (χ3n) is 4.54. The fourth-order valence-corrected chi connectivity index (χ4v) is 2.85. The Labute approximate surface area is 155 Å². The summed E-state index contributed by atoms with van der Waals surface area (Å²) in [6.45, 7) is 5.87. The lowest BCUT2D eigenvalue weighted by atomic mass is 10.1. The molecule has 0 fully saturated rings. The highest BCUT2D eigenvalue weighted by atomic mass is 16.2. The van der Waals surface area contributed by atoms with Crippen molar-refractivity contribution in [2.75, 3.05) is 13.1 Å². The van der Waals surface area contributed by atoms with Crippen molar-refractivity contribution in [2.24, 2.45) is 0 Å². The standard InChI is InChI=1S/C21H42N2O2/c1-3-5-7-8-11-14-18-22-21(25)23-19-15-12-9-10-13-17-20(24)16-6-4-2/h3-19H2,1-2H3,(H2,22,23,25). The molecule has 0 spiro atoms. The first-order chi connectivity index (χ1) is 12.2. The molecule has 0 aliphatic carbocycles. The van der Waals surface area contributed by atoms with E-state index in [0.717, 1.165) is 77.3 Å². The quantitative estimate of drug-likeness (QED) is 0.308. The molecule has 0 unspecified atom stereocenters. The molecule has 0 rings (SSSR count). The first kappa shape index (κ1) is 23.9. The van der Waals surface area contributed by atoms with Crippen molar-refractivity contribution >= 4 is 11.8 Å². The average molecular weight is 355 g/mol. The predicted molar refractivity (Wildman–Crippen MR) is 107 cm³/mol. The molecule has 25 heavy (non-hydrogen) atoms. The van der Waals surface area contributed by atoms with Crippen molar-refractivity contribution in [3.63, 3.8) is 0 Å². The van der Waals surface area contributed by atoms with E-state index in [1.807, 2.05) is 0 Å². The van der Waals surface area contributed by atoms with Gasteiger partial charge in [-0.2, -0.15) is 0 Å². The highest BCUT2D eigenvalue weighted by Gasteiger charge is 2.01. The molecule has 0 saturated heterocycles. The number of carbonyl (C=O) groups is 2. The lowest BCUT2D eigenvalue weighted by Gasteiger charge is -2.07. The van der Waals surface area contributed by atoms with Crippen molar-refractivity contribution in [1.82, 2.24) is 10.6 Å². The van der Waals surface area contributed by atoms with Crippen LogP contribution in [0.25, 0.3) is 0 Å². The molecule has 0 bridgehead atoms. The van der Waals surface area contributed by atoms with E-state index in [2.05, 4.69) is 24.5 Å². The fraction of sp³-hybridized carbons (Fsp3) is 0.905. The van der Waals surface area contributed by atoms with Crippen LogP contribution in [0.15, 0.2) is 0 Å². The SMILES string of the molecule is CCCCCCCCNC(=O)NCCCCCCCC(=O)CCCC. The van der Waals surface area contributed by atoms with Gasteiger partial charge in [0.05, 0.1) is 0 Å². The summed E-state index contributed by atoms with van der Waals surface area (Å²) in [5.41, 5.74) is 0. The van der Waals surface area contributed by atoms with Gasteiger partial charge in [-0.1, -0.05) is 71.6 Å². The van der Waals surface area contributed by atoms with Crippen LogP contribution >= 0.6 is 0 Å². The minimum atomic E-state index is -0.0323. The minimum Gasteiger partial charge on any atom is -0.338 e. The van der Waals surface area contributed by atoms with Crippen LogP contribution in [0.1, 0.15) is 110 Å². The van der Waals surface area contributed by atoms with Crippen molar-refractivity contribution in [2.45, 2.75) is 110 Å². The van der Waals surface area contributed by atoms with Crippen molar-refractivity contribution < 1.29 is 9.59 Å². The molecule has 2 amide bonds. The van der Waals surface area contributed by atoms with Crippen LogP contribution in [0, 0.1) is 0 Å². The Bertz CT molecular complexity index is 319. The van der Waals surface area contributed by atoms with Crippen LogP contribution in [0.3, 0.4) is 0 Å². The zero-order valence-corrected chi connectivity index (χ0v) is 16.8. The molecular formula is C21H42N2O2. The Kier molecular flexibility index (Phi) is 18.5. The van der Waals surface area contributed by atoms with Crippen LogP contribution in [-0.4, -0.2) is 24.9 Å². The Morgan fingerprint density at radius 2 is 1.00 bits per heavy atom. The molecular weight excluding hydrogens is 312 g/mol. The second-order valence-electron chi connectivity index (χ2n) is 7.11. The van der Waals surface area contributed by atoms with Gasteiger partial charge in [0.1, 0.15) is 5.78 Å². The molecule has 148 valence electrons. The summed E-state index contributed by atoms with van der Waals surface area (Å²) >= 11 is 0. The number of ketones is 1. The van der Waals surface area contributed by atoms with Gasteiger partial charge in [0.25, 0.3) is 0 Å². The molecule has 0 heterocycles. The third-order valence-corrected chi connectivity index (χ3v) is 4.54. The molecule has 2 N–H and O–H groups in total. The highest BCUT2D eigenvalue weighted by molar-refractivity contribution is 5.78. The fourth-order valence-electron chi connectivity index (χ4n) is 2.85. The normalized spacial score (nSPS) is 10.6. The summed E-state index contributed by atoms with van der Waals surface area (Å²) in [7, 11) is 0. The molecule has 4 nitrogen and oxygen atoms in total. The van der Waals surface area contributed by atoms with E-state index in [0.29, 0.717) is 5.78 Å². The molecule has 0 saturated carbocycles. The van der Waals surface area contributed by atoms with Crippen LogP contribution in [-0.2, 0) is 4.79 Å². The number of amides is 2. The lowest BCUT2D eigenvalue weighted by molar-refractivity contribution is -0.119. The number of carbonyl (C=O) groups excluding carboxylic acids is 2. The van der Waals surface area contributed by atoms with Gasteiger partial charge in [-0.25, -0.2) is 4.79 Å². The number of hydrogen-bond donors (Lipinski definition) is 2. The van der Waals surface area contributed by atoms with Crippen molar-refractivity contribution in [3.05, 3.63) is 0 Å². The van der Waals surface area contributed by atoms with Gasteiger partial charge in [-0.05, 0) is 25.7 Å². The summed E-state index contributed by atoms with van der Waals surface area (Å²) in [4.78, 5) is 23.1. The van der Waals surface area contributed by atoms with Crippen LogP contribution in [0.4, 0.5) is 4.79 Å². The maximum atomic E-state index is 11.6. The van der Waals surface area contributed by atoms with Gasteiger partial charge >= 0.3 is 6.03 Å². The highest BCUT2D eigenvalue weighted by Crippen LogP contribution is 2.08. The van der Waals surface area contributed by atoms with Gasteiger partial charge in [-0.3, -0.25) is 4.79 Å². The van der Waals surface area contributed by atoms with E-state index in [4.69, 9.17) is 0 Å². The number of rotatable bonds is 18. The Balaban J connectivity index is 3.23. The topological polar surface area (TPSA) is 58.2 Å². The Morgan fingerprint density at radius 3 is 1.56 bits per heavy atom. The van der Waals surface area contributed by atoms with Crippen molar-refractivity contribution in [1.29, 1.82) is 0 Å². The third kappa shape index (κ3) is 19.1. The number of nitrogens with one attached hydrogen (secondary N) is 2. The zero-order chi connectivity index (χ0) is 18.6. The smallest absolute Gasteiger partial charge is 0.314 e. The van der Waals surface area contributed by atoms with Crippen molar-refractivity contribution in [3.8, 4) is 0 Å². The number of hydrogen-bond acceptors (Lipinski definition) is 2. The molecule has 0 aromatic heterocycles. The van der Waals surface area contributed by atoms with Crippen LogP contribution in [0.5, 0.6) is 0 Å². The lowest BCUT2D eigenvalue weighted by Crippen LogP contribution is -2.36. The summed E-state index contributed by atoms with van der Waals surface area (Å²) in [5, 5.41) is 5.85. The van der Waals surface area contributed by atoms with E-state index in [1.54, 1.807) is 0 Å². The molecule has 0 aromatic carbocycles. The van der Waals surface area contributed by atoms with E-state index in [1.165, 1.54) is 32.1 Å². The summed E-state index contributed by atoms with van der Waals surface area (Å²) in [6, 6.07) is -0.0323. The number of unbranched alkanes of at least 4 members (excludes halogenated alkanes) is 10. The molecule has 0 aliphatic rings. The summed E-state index contributed by atoms with van der Waals surface area (Å²) in [5.74, 6) is 0.422. The number of Topliss-reactive ketones (excluding diaryl/α,β-unsaturated/α-hetero) is 1. The van der Waals surface area contributed by atoms with E-state index in [-0.39, 0.29) is 6.03 Å². The monoisotopic (exact) mass is 354 g/mol. The van der Waals surface area contributed by atoms with Crippen LogP contribution in [0.2, 0.25) is 0 Å². The number of urea groups is 1. The van der Waals surface area contributed by atoms with Gasteiger partial charge in [0.2, 0.25) is 0 Å². The second-order valence-corrected chi connectivity index (χ2v) is 7.11. The first-order valence-electron chi connectivity index (χ1n) is 10.7. The zero-order valence-electron chi connectivity index (χ0n) is 16.8. The van der Waals surface area contributed by atoms with Gasteiger partial charge < -0.3 is 10.6 Å². The Hall–Kier alpha value is -1.06. The molecule has 4 heteroatoms. The first-order valence-corrected chi connectivity index (χ1v) is 10.7. The predicted octanol–water partition coefficient (Wildman–Crippen LogP) is 5.75. The van der Waals surface area contributed by atoms with Gasteiger partial charge in [0.15, 0.2) is 0 Å². The molecule has 0 aromatic rings. The van der Waals surface area contributed by atoms with E-state index < -0.39 is 0 Å².